The van der Waals surface area contributed by atoms with Gasteiger partial charge < -0.3 is 14.4 Å². The maximum atomic E-state index is 12.1. The molecule has 0 saturated heterocycles. The molecule has 0 atom stereocenters. The Bertz CT molecular complexity index is 646. The number of aryl methyl sites for hydroxylation is 1. The van der Waals surface area contributed by atoms with Crippen LogP contribution in [0.3, 0.4) is 0 Å². The number of nitrogens with zero attached hydrogens (tertiary/aromatic N) is 1. The van der Waals surface area contributed by atoms with Gasteiger partial charge >= 0.3 is 0 Å². The zero-order chi connectivity index (χ0) is 14.5. The second kappa shape index (κ2) is 6.46. The fourth-order valence-corrected chi connectivity index (χ4v) is 2.40. The first-order valence-corrected chi connectivity index (χ1v) is 7.08. The monoisotopic (exact) mass is 275 g/mol. The van der Waals surface area contributed by atoms with E-state index in [-0.39, 0.29) is 11.3 Å². The van der Waals surface area contributed by atoms with Gasteiger partial charge in [0.25, 0.3) is 5.56 Å². The fraction of sp³-hybridized carbons (Fsp3) is 0.438. The topological polar surface area (TPSA) is 51.5 Å². The number of pyridine rings is 1. The number of aromatic hydroxyl groups is 1. The van der Waals surface area contributed by atoms with Gasteiger partial charge in [-0.2, -0.15) is 0 Å². The Morgan fingerprint density at radius 3 is 2.70 bits per heavy atom. The zero-order valence-corrected chi connectivity index (χ0v) is 12.1. The summed E-state index contributed by atoms with van der Waals surface area (Å²) in [6, 6.07) is 6.66. The number of hydrogen-bond acceptors (Lipinski definition) is 3. The Hall–Kier alpha value is -1.97. The lowest BCUT2D eigenvalue weighted by Crippen LogP contribution is -2.19. The molecule has 4 nitrogen and oxygen atoms in total. The van der Waals surface area contributed by atoms with Crippen LogP contribution in [0.15, 0.2) is 29.1 Å². The Labute approximate surface area is 118 Å². The second-order valence-corrected chi connectivity index (χ2v) is 4.96. The summed E-state index contributed by atoms with van der Waals surface area (Å²) in [6.45, 7) is 2.83. The summed E-state index contributed by atoms with van der Waals surface area (Å²) in [7, 11) is 1.59. The van der Waals surface area contributed by atoms with Gasteiger partial charge in [-0.25, -0.2) is 0 Å². The minimum Gasteiger partial charge on any atom is -0.507 e. The van der Waals surface area contributed by atoms with Gasteiger partial charge in [0.15, 0.2) is 0 Å². The van der Waals surface area contributed by atoms with E-state index in [9.17, 15) is 9.90 Å². The number of ether oxygens (including phenoxy) is 1. The van der Waals surface area contributed by atoms with Gasteiger partial charge in [0.05, 0.1) is 12.6 Å². The van der Waals surface area contributed by atoms with E-state index in [0.29, 0.717) is 17.7 Å². The predicted octanol–water partition coefficient (Wildman–Crippen LogP) is 3.30. The van der Waals surface area contributed by atoms with Crippen molar-refractivity contribution in [3.05, 3.63) is 34.6 Å². The summed E-state index contributed by atoms with van der Waals surface area (Å²) in [6.07, 6.45) is 4.41. The van der Waals surface area contributed by atoms with Crippen LogP contribution in [0, 0.1) is 0 Å². The summed E-state index contributed by atoms with van der Waals surface area (Å²) in [5, 5.41) is 10.6. The van der Waals surface area contributed by atoms with Crippen LogP contribution in [-0.4, -0.2) is 16.8 Å². The van der Waals surface area contributed by atoms with Crippen molar-refractivity contribution in [3.8, 4) is 11.5 Å². The third-order valence-corrected chi connectivity index (χ3v) is 3.53. The lowest BCUT2D eigenvalue weighted by atomic mass is 10.1. The van der Waals surface area contributed by atoms with Gasteiger partial charge in [-0.05, 0) is 18.6 Å². The van der Waals surface area contributed by atoms with E-state index >= 15 is 0 Å². The van der Waals surface area contributed by atoms with Gasteiger partial charge in [-0.3, -0.25) is 4.79 Å². The van der Waals surface area contributed by atoms with Crippen LogP contribution in [0.1, 0.15) is 32.6 Å². The third kappa shape index (κ3) is 2.95. The van der Waals surface area contributed by atoms with Gasteiger partial charge in [0.1, 0.15) is 11.5 Å². The highest BCUT2D eigenvalue weighted by Gasteiger charge is 2.09. The van der Waals surface area contributed by atoms with Crippen LogP contribution < -0.4 is 10.3 Å². The molecule has 0 aliphatic carbocycles. The van der Waals surface area contributed by atoms with Crippen molar-refractivity contribution in [1.82, 2.24) is 4.57 Å². The van der Waals surface area contributed by atoms with E-state index in [1.165, 1.54) is 18.9 Å². The predicted molar refractivity (Wildman–Crippen MR) is 80.6 cm³/mol. The summed E-state index contributed by atoms with van der Waals surface area (Å²) < 4.78 is 6.92. The van der Waals surface area contributed by atoms with E-state index in [2.05, 4.69) is 6.92 Å². The molecule has 0 radical (unpaired) electrons. The van der Waals surface area contributed by atoms with Crippen molar-refractivity contribution >= 4 is 10.9 Å². The summed E-state index contributed by atoms with van der Waals surface area (Å²) in [4.78, 5) is 12.1. The molecule has 20 heavy (non-hydrogen) atoms. The molecule has 108 valence electrons. The van der Waals surface area contributed by atoms with Gasteiger partial charge in [0.2, 0.25) is 0 Å². The molecule has 4 heteroatoms. The quantitative estimate of drug-likeness (QED) is 0.823. The van der Waals surface area contributed by atoms with E-state index in [1.807, 2.05) is 0 Å². The maximum Gasteiger partial charge on any atom is 0.254 e. The molecule has 0 bridgehead atoms. The smallest absolute Gasteiger partial charge is 0.254 e. The molecule has 1 heterocycles. The number of unbranched alkanes of at least 4 members (excludes halogenated alkanes) is 3. The van der Waals surface area contributed by atoms with Crippen LogP contribution in [-0.2, 0) is 6.54 Å². The Morgan fingerprint density at radius 1 is 1.20 bits per heavy atom. The lowest BCUT2D eigenvalue weighted by molar-refractivity contribution is 0.415. The zero-order valence-electron chi connectivity index (χ0n) is 12.1. The average Bonchev–Trinajstić information content (AvgIpc) is 2.45. The summed E-state index contributed by atoms with van der Waals surface area (Å²) in [5.41, 5.74) is 0.561. The van der Waals surface area contributed by atoms with Crippen molar-refractivity contribution in [1.29, 1.82) is 0 Å². The molecular weight excluding hydrogens is 254 g/mol. The molecule has 0 unspecified atom stereocenters. The van der Waals surface area contributed by atoms with Gasteiger partial charge in [-0.1, -0.05) is 26.2 Å². The van der Waals surface area contributed by atoms with Crippen molar-refractivity contribution in [3.63, 3.8) is 0 Å². The Morgan fingerprint density at radius 2 is 2.00 bits per heavy atom. The van der Waals surface area contributed by atoms with Gasteiger partial charge in [-0.15, -0.1) is 0 Å². The molecular formula is C16H21NO3. The number of hydrogen-bond donors (Lipinski definition) is 1. The van der Waals surface area contributed by atoms with Crippen LogP contribution in [0.5, 0.6) is 11.5 Å². The highest BCUT2D eigenvalue weighted by molar-refractivity contribution is 5.86. The molecule has 1 N–H and O–H groups in total. The summed E-state index contributed by atoms with van der Waals surface area (Å²) in [5.74, 6) is 0.710. The first-order chi connectivity index (χ1) is 9.67. The molecule has 0 fully saturated rings. The Kier molecular flexibility index (Phi) is 4.66. The first-order valence-electron chi connectivity index (χ1n) is 7.08. The van der Waals surface area contributed by atoms with E-state index < -0.39 is 0 Å². The molecule has 2 aromatic rings. The molecule has 1 aromatic carbocycles. The number of rotatable bonds is 6. The highest BCUT2D eigenvalue weighted by Crippen LogP contribution is 2.26. The molecule has 0 saturated carbocycles. The van der Waals surface area contributed by atoms with Crippen molar-refractivity contribution in [2.24, 2.45) is 0 Å². The summed E-state index contributed by atoms with van der Waals surface area (Å²) >= 11 is 0. The van der Waals surface area contributed by atoms with Crippen LogP contribution >= 0.6 is 0 Å². The number of methoxy groups -OCH3 is 1. The molecule has 1 aromatic heterocycles. The van der Waals surface area contributed by atoms with E-state index in [0.717, 1.165) is 18.4 Å². The van der Waals surface area contributed by atoms with Crippen LogP contribution in [0.4, 0.5) is 0 Å². The molecule has 2 rings (SSSR count). The number of aromatic nitrogens is 1. The highest BCUT2D eigenvalue weighted by atomic mass is 16.5. The molecule has 0 aliphatic heterocycles. The maximum absolute atomic E-state index is 12.1. The van der Waals surface area contributed by atoms with Crippen molar-refractivity contribution < 1.29 is 9.84 Å². The van der Waals surface area contributed by atoms with Gasteiger partial charge in [0, 0.05) is 24.1 Å². The fourth-order valence-electron chi connectivity index (χ4n) is 2.40. The molecule has 0 amide bonds. The minimum absolute atomic E-state index is 0.0254. The average molecular weight is 275 g/mol. The first kappa shape index (κ1) is 14.4. The van der Waals surface area contributed by atoms with Crippen LogP contribution in [0.25, 0.3) is 10.9 Å². The van der Waals surface area contributed by atoms with E-state index in [1.54, 1.807) is 29.9 Å². The van der Waals surface area contributed by atoms with Crippen molar-refractivity contribution in [2.75, 3.05) is 7.11 Å². The minimum atomic E-state index is -0.167. The van der Waals surface area contributed by atoms with Crippen molar-refractivity contribution in [2.45, 2.75) is 39.2 Å². The SMILES string of the molecule is CCCCCCn1c(=O)cc(O)c2ccc(OC)cc21. The lowest BCUT2D eigenvalue weighted by Gasteiger charge is -2.12. The normalized spacial score (nSPS) is 10.9. The number of benzene rings is 1. The standard InChI is InChI=1S/C16H21NO3/c1-3-4-5-6-9-17-14-10-12(20-2)7-8-13(14)15(18)11-16(17)19/h7-8,10-11,18H,3-6,9H2,1-2H3. The largest absolute Gasteiger partial charge is 0.507 e. The molecule has 0 spiro atoms. The van der Waals surface area contributed by atoms with E-state index in [4.69, 9.17) is 4.74 Å². The Balaban J connectivity index is 2.42. The molecule has 0 aliphatic rings. The van der Waals surface area contributed by atoms with Crippen LogP contribution in [0.2, 0.25) is 0 Å². The third-order valence-electron chi connectivity index (χ3n) is 3.53. The number of fused-ring (bicyclic) bond motifs is 1. The second-order valence-electron chi connectivity index (χ2n) is 4.96.